The van der Waals surface area contributed by atoms with Gasteiger partial charge in [0.05, 0.1) is 0 Å². The number of nitrogens with one attached hydrogen (secondary N) is 3. The monoisotopic (exact) mass is 207 g/mol. The van der Waals surface area contributed by atoms with Crippen LogP contribution in [-0.4, -0.2) is 17.2 Å². The molecule has 0 saturated carbocycles. The molecule has 1 aromatic rings. The Balaban J connectivity index is 2.22. The number of aliphatic imine (C=N–C) groups is 1. The highest BCUT2D eigenvalue weighted by Crippen LogP contribution is 2.14. The fourth-order valence-corrected chi connectivity index (χ4v) is 1.35. The number of nitrogens with two attached hydrogens (primary N) is 2. The summed E-state index contributed by atoms with van der Waals surface area (Å²) in [5, 5.41) is 5.87. The predicted molar refractivity (Wildman–Crippen MR) is 56.0 cm³/mol. The van der Waals surface area contributed by atoms with Gasteiger partial charge in [-0.1, -0.05) is 6.07 Å². The van der Waals surface area contributed by atoms with Crippen LogP contribution >= 0.6 is 0 Å². The highest BCUT2D eigenvalue weighted by molar-refractivity contribution is 5.80. The van der Waals surface area contributed by atoms with Gasteiger partial charge in [-0.25, -0.2) is 10.8 Å². The molecule has 0 aromatic carbocycles. The van der Waals surface area contributed by atoms with Crippen molar-refractivity contribution >= 4 is 5.96 Å². The van der Waals surface area contributed by atoms with E-state index in [1.54, 1.807) is 12.4 Å². The zero-order chi connectivity index (χ0) is 10.7. The highest BCUT2D eigenvalue weighted by Gasteiger charge is 2.19. The normalized spacial score (nSPS) is 25.3. The van der Waals surface area contributed by atoms with Crippen LogP contribution in [0.3, 0.4) is 0 Å². The van der Waals surface area contributed by atoms with E-state index in [9.17, 15) is 0 Å². The third kappa shape index (κ3) is 2.21. The van der Waals surface area contributed by atoms with Crippen LogP contribution in [0.1, 0.15) is 11.7 Å². The molecule has 2 atom stereocenters. The lowest BCUT2D eigenvalue weighted by atomic mass is 10.2. The molecule has 15 heavy (non-hydrogen) atoms. The Bertz CT molecular complexity index is 349. The van der Waals surface area contributed by atoms with Crippen LogP contribution in [0, 0.1) is 0 Å². The molecule has 7 nitrogen and oxygen atoms in total. The third-order valence-corrected chi connectivity index (χ3v) is 2.02. The van der Waals surface area contributed by atoms with Crippen molar-refractivity contribution in [3.63, 3.8) is 0 Å². The van der Waals surface area contributed by atoms with E-state index >= 15 is 0 Å². The molecule has 0 bridgehead atoms. The molecule has 1 aliphatic heterocycles. The summed E-state index contributed by atoms with van der Waals surface area (Å²) in [5.41, 5.74) is 9.07. The van der Waals surface area contributed by atoms with E-state index in [0.29, 0.717) is 5.96 Å². The second kappa shape index (κ2) is 4.22. The quantitative estimate of drug-likeness (QED) is 0.278. The first kappa shape index (κ1) is 9.84. The first-order valence-electron chi connectivity index (χ1n) is 4.52. The van der Waals surface area contributed by atoms with Crippen molar-refractivity contribution < 1.29 is 0 Å². The zero-order valence-corrected chi connectivity index (χ0v) is 8.01. The summed E-state index contributed by atoms with van der Waals surface area (Å²) in [5.74, 6) is 5.72. The van der Waals surface area contributed by atoms with Gasteiger partial charge in [0.2, 0.25) is 5.96 Å². The van der Waals surface area contributed by atoms with Gasteiger partial charge in [-0.2, -0.15) is 0 Å². The van der Waals surface area contributed by atoms with Crippen molar-refractivity contribution in [2.75, 3.05) is 0 Å². The van der Waals surface area contributed by atoms with Crippen LogP contribution in [0.25, 0.3) is 0 Å². The summed E-state index contributed by atoms with van der Waals surface area (Å²) < 4.78 is 0. The van der Waals surface area contributed by atoms with Gasteiger partial charge < -0.3 is 5.32 Å². The van der Waals surface area contributed by atoms with Gasteiger partial charge >= 0.3 is 0 Å². The number of hydrogen-bond acceptors (Lipinski definition) is 7. The first-order valence-corrected chi connectivity index (χ1v) is 4.52. The number of pyridine rings is 1. The molecule has 0 amide bonds. The zero-order valence-electron chi connectivity index (χ0n) is 8.01. The van der Waals surface area contributed by atoms with Gasteiger partial charge in [0.25, 0.3) is 0 Å². The van der Waals surface area contributed by atoms with Crippen molar-refractivity contribution in [3.05, 3.63) is 30.1 Å². The number of rotatable bonds is 1. The molecule has 1 aliphatic rings. The number of aromatic nitrogens is 1. The van der Waals surface area contributed by atoms with Crippen molar-refractivity contribution in [2.24, 2.45) is 16.6 Å². The van der Waals surface area contributed by atoms with Crippen LogP contribution in [0.2, 0.25) is 0 Å². The van der Waals surface area contributed by atoms with E-state index < -0.39 is 6.29 Å². The van der Waals surface area contributed by atoms with Crippen molar-refractivity contribution in [1.82, 2.24) is 21.0 Å². The van der Waals surface area contributed by atoms with Gasteiger partial charge in [-0.3, -0.25) is 21.5 Å². The van der Waals surface area contributed by atoms with Crippen LogP contribution in [0.4, 0.5) is 0 Å². The fourth-order valence-electron chi connectivity index (χ4n) is 1.35. The summed E-state index contributed by atoms with van der Waals surface area (Å²) >= 11 is 0. The first-order chi connectivity index (χ1) is 7.29. The molecule has 0 aliphatic carbocycles. The summed E-state index contributed by atoms with van der Waals surface area (Å²) in [7, 11) is 0. The minimum absolute atomic E-state index is 0.235. The lowest BCUT2D eigenvalue weighted by Crippen LogP contribution is -2.60. The molecule has 2 rings (SSSR count). The minimum Gasteiger partial charge on any atom is -0.327 e. The Kier molecular flexibility index (Phi) is 2.77. The molecule has 0 saturated heterocycles. The molecular formula is C8H13N7. The van der Waals surface area contributed by atoms with Gasteiger partial charge in [-0.15, -0.1) is 0 Å². The maximum Gasteiger partial charge on any atom is 0.209 e. The lowest BCUT2D eigenvalue weighted by Gasteiger charge is -2.28. The SMILES string of the molecule is NNC1=NC(c2cccnc2)NC(N)N1. The Morgan fingerprint density at radius 3 is 3.00 bits per heavy atom. The molecule has 2 heterocycles. The van der Waals surface area contributed by atoms with E-state index in [-0.39, 0.29) is 6.17 Å². The minimum atomic E-state index is -0.390. The molecule has 7 heteroatoms. The Labute approximate surface area is 86.9 Å². The number of hydrazine groups is 1. The summed E-state index contributed by atoms with van der Waals surface area (Å²) in [6, 6.07) is 3.76. The summed E-state index contributed by atoms with van der Waals surface area (Å²) in [6.07, 6.45) is 2.81. The van der Waals surface area contributed by atoms with E-state index in [1.165, 1.54) is 0 Å². The van der Waals surface area contributed by atoms with Crippen LogP contribution in [0.5, 0.6) is 0 Å². The number of nitrogens with zero attached hydrogens (tertiary/aromatic N) is 2. The fraction of sp³-hybridized carbons (Fsp3) is 0.250. The highest BCUT2D eigenvalue weighted by atomic mass is 15.4. The largest absolute Gasteiger partial charge is 0.327 e. The van der Waals surface area contributed by atoms with Crippen molar-refractivity contribution in [2.45, 2.75) is 12.5 Å². The standard InChI is InChI=1S/C8H13N7/c9-7-12-6(13-8(14-7)15-10)5-2-1-3-11-4-5/h1-4,6-7,12H,9-10H2,(H2,13,14,15). The second-order valence-corrected chi connectivity index (χ2v) is 3.10. The summed E-state index contributed by atoms with van der Waals surface area (Å²) in [6.45, 7) is 0. The average molecular weight is 207 g/mol. The summed E-state index contributed by atoms with van der Waals surface area (Å²) in [4.78, 5) is 8.27. The maximum absolute atomic E-state index is 5.71. The molecule has 1 aromatic heterocycles. The van der Waals surface area contributed by atoms with E-state index in [2.05, 4.69) is 26.0 Å². The van der Waals surface area contributed by atoms with Gasteiger partial charge in [0.1, 0.15) is 12.5 Å². The van der Waals surface area contributed by atoms with E-state index in [4.69, 9.17) is 11.6 Å². The van der Waals surface area contributed by atoms with Gasteiger partial charge in [0, 0.05) is 18.0 Å². The molecule has 80 valence electrons. The average Bonchev–Trinajstić information content (AvgIpc) is 2.29. The van der Waals surface area contributed by atoms with Gasteiger partial charge in [0.15, 0.2) is 0 Å². The second-order valence-electron chi connectivity index (χ2n) is 3.10. The van der Waals surface area contributed by atoms with Crippen molar-refractivity contribution in [1.29, 1.82) is 0 Å². The molecule has 0 fully saturated rings. The molecule has 0 spiro atoms. The number of guanidine groups is 1. The number of hydrogen-bond donors (Lipinski definition) is 5. The molecule has 7 N–H and O–H groups in total. The molecule has 0 radical (unpaired) electrons. The smallest absolute Gasteiger partial charge is 0.209 e. The Morgan fingerprint density at radius 2 is 2.33 bits per heavy atom. The van der Waals surface area contributed by atoms with Crippen LogP contribution in [0.15, 0.2) is 29.5 Å². The Hall–Kier alpha value is -1.70. The van der Waals surface area contributed by atoms with Crippen LogP contribution < -0.4 is 27.6 Å². The van der Waals surface area contributed by atoms with Gasteiger partial charge in [-0.05, 0) is 6.07 Å². The maximum atomic E-state index is 5.71. The van der Waals surface area contributed by atoms with E-state index in [0.717, 1.165) is 5.56 Å². The Morgan fingerprint density at radius 1 is 1.47 bits per heavy atom. The predicted octanol–water partition coefficient (Wildman–Crippen LogP) is -1.67. The van der Waals surface area contributed by atoms with E-state index in [1.807, 2.05) is 12.1 Å². The lowest BCUT2D eigenvalue weighted by molar-refractivity contribution is 0.399. The third-order valence-electron chi connectivity index (χ3n) is 2.02. The molecular weight excluding hydrogens is 194 g/mol. The van der Waals surface area contributed by atoms with Crippen molar-refractivity contribution in [3.8, 4) is 0 Å². The topological polar surface area (TPSA) is 113 Å². The molecule has 2 unspecified atom stereocenters. The van der Waals surface area contributed by atoms with Crippen LogP contribution in [-0.2, 0) is 0 Å².